The summed E-state index contributed by atoms with van der Waals surface area (Å²) in [6.07, 6.45) is 2.63. The summed E-state index contributed by atoms with van der Waals surface area (Å²) in [6, 6.07) is 12.5. The summed E-state index contributed by atoms with van der Waals surface area (Å²) in [5.74, 6) is 0.503. The van der Waals surface area contributed by atoms with Gasteiger partial charge in [0.25, 0.3) is 0 Å². The Morgan fingerprint density at radius 1 is 1.35 bits per heavy atom. The van der Waals surface area contributed by atoms with E-state index in [9.17, 15) is 9.90 Å². The zero-order valence-electron chi connectivity index (χ0n) is 12.6. The number of pyridine rings is 1. The fraction of sp³-hybridized carbons (Fsp3) is 0.294. The Hall–Kier alpha value is -2.11. The van der Waals surface area contributed by atoms with Crippen molar-refractivity contribution < 1.29 is 9.90 Å². The molecule has 6 heteroatoms. The normalized spacial score (nSPS) is 20.5. The smallest absolute Gasteiger partial charge is 0.323 e. The molecule has 120 valence electrons. The molecule has 1 aromatic heterocycles. The predicted molar refractivity (Wildman–Crippen MR) is 89.6 cm³/mol. The fourth-order valence-electron chi connectivity index (χ4n) is 2.83. The minimum atomic E-state index is -0.924. The van der Waals surface area contributed by atoms with Crippen molar-refractivity contribution in [2.75, 3.05) is 18.4 Å². The molecule has 1 aromatic carbocycles. The van der Waals surface area contributed by atoms with Crippen LogP contribution in [0.1, 0.15) is 12.0 Å². The van der Waals surface area contributed by atoms with Crippen molar-refractivity contribution in [3.8, 4) is 0 Å². The van der Waals surface area contributed by atoms with Crippen LogP contribution in [0.5, 0.6) is 0 Å². The first-order valence-corrected chi connectivity index (χ1v) is 7.86. The summed E-state index contributed by atoms with van der Waals surface area (Å²) in [5.41, 5.74) is 0.0403. The number of halogens is 1. The van der Waals surface area contributed by atoms with Crippen molar-refractivity contribution in [2.45, 2.75) is 18.4 Å². The molecule has 2 heterocycles. The van der Waals surface area contributed by atoms with E-state index in [0.29, 0.717) is 30.2 Å². The summed E-state index contributed by atoms with van der Waals surface area (Å²) < 4.78 is 0. The first-order chi connectivity index (χ1) is 11.0. The quantitative estimate of drug-likeness (QED) is 0.908. The Bertz CT molecular complexity index is 695. The van der Waals surface area contributed by atoms with Crippen LogP contribution >= 0.6 is 11.6 Å². The Labute approximate surface area is 139 Å². The molecular formula is C17H18ClN3O2. The first-order valence-electron chi connectivity index (χ1n) is 7.48. The average molecular weight is 332 g/mol. The van der Waals surface area contributed by atoms with Crippen molar-refractivity contribution in [3.63, 3.8) is 0 Å². The molecule has 1 atom stereocenters. The zero-order chi connectivity index (χ0) is 16.3. The van der Waals surface area contributed by atoms with Crippen LogP contribution in [0.4, 0.5) is 10.6 Å². The number of carbonyl (C=O) groups is 1. The molecule has 0 aliphatic carbocycles. The van der Waals surface area contributed by atoms with Crippen molar-refractivity contribution >= 4 is 23.4 Å². The molecule has 2 aromatic rings. The molecule has 1 aliphatic rings. The first kappa shape index (κ1) is 15.8. The van der Waals surface area contributed by atoms with Crippen molar-refractivity contribution in [1.29, 1.82) is 0 Å². The molecule has 0 unspecified atom stereocenters. The monoisotopic (exact) mass is 331 g/mol. The second-order valence-corrected chi connectivity index (χ2v) is 6.28. The van der Waals surface area contributed by atoms with Crippen LogP contribution in [0, 0.1) is 0 Å². The van der Waals surface area contributed by atoms with Gasteiger partial charge in [-0.05, 0) is 36.2 Å². The van der Waals surface area contributed by atoms with E-state index in [1.165, 1.54) is 0 Å². The topological polar surface area (TPSA) is 65.5 Å². The number of carbonyl (C=O) groups excluding carboxylic acids is 1. The van der Waals surface area contributed by atoms with Gasteiger partial charge in [-0.3, -0.25) is 5.32 Å². The lowest BCUT2D eigenvalue weighted by atomic mass is 9.94. The van der Waals surface area contributed by atoms with Gasteiger partial charge in [0.1, 0.15) is 5.82 Å². The van der Waals surface area contributed by atoms with E-state index in [4.69, 9.17) is 11.6 Å². The van der Waals surface area contributed by atoms with E-state index in [2.05, 4.69) is 10.3 Å². The van der Waals surface area contributed by atoms with Gasteiger partial charge in [-0.1, -0.05) is 29.8 Å². The number of nitrogens with zero attached hydrogens (tertiary/aromatic N) is 2. The van der Waals surface area contributed by atoms with E-state index in [-0.39, 0.29) is 12.6 Å². The van der Waals surface area contributed by atoms with E-state index in [1.54, 1.807) is 29.3 Å². The number of hydrogen-bond donors (Lipinski definition) is 2. The summed E-state index contributed by atoms with van der Waals surface area (Å²) in [5, 5.41) is 14.1. The van der Waals surface area contributed by atoms with Gasteiger partial charge < -0.3 is 10.0 Å². The number of likely N-dealkylation sites (tertiary alicyclic amines) is 1. The predicted octanol–water partition coefficient (Wildman–Crippen LogP) is 2.95. The molecule has 23 heavy (non-hydrogen) atoms. The molecule has 1 fully saturated rings. The minimum Gasteiger partial charge on any atom is -0.388 e. The molecule has 2 amide bonds. The maximum Gasteiger partial charge on any atom is 0.323 e. The lowest BCUT2D eigenvalue weighted by Gasteiger charge is -2.23. The fourth-order valence-corrected chi connectivity index (χ4v) is 3.04. The largest absolute Gasteiger partial charge is 0.388 e. The van der Waals surface area contributed by atoms with Crippen LogP contribution in [0.15, 0.2) is 48.7 Å². The van der Waals surface area contributed by atoms with Gasteiger partial charge in [-0.2, -0.15) is 0 Å². The number of hydrogen-bond acceptors (Lipinski definition) is 3. The maximum absolute atomic E-state index is 12.3. The zero-order valence-corrected chi connectivity index (χ0v) is 13.3. The summed E-state index contributed by atoms with van der Waals surface area (Å²) in [7, 11) is 0. The number of urea groups is 1. The van der Waals surface area contributed by atoms with Gasteiger partial charge in [-0.15, -0.1) is 0 Å². The van der Waals surface area contributed by atoms with E-state index >= 15 is 0 Å². The Kier molecular flexibility index (Phi) is 4.50. The van der Waals surface area contributed by atoms with Crippen molar-refractivity contribution in [1.82, 2.24) is 9.88 Å². The highest BCUT2D eigenvalue weighted by atomic mass is 35.5. The second kappa shape index (κ2) is 6.56. The van der Waals surface area contributed by atoms with Gasteiger partial charge in [0.15, 0.2) is 0 Å². The Morgan fingerprint density at radius 2 is 2.22 bits per heavy atom. The van der Waals surface area contributed by atoms with Crippen LogP contribution in [0.25, 0.3) is 0 Å². The highest BCUT2D eigenvalue weighted by Crippen LogP contribution is 2.27. The molecule has 3 rings (SSSR count). The van der Waals surface area contributed by atoms with E-state index < -0.39 is 5.60 Å². The third-order valence-corrected chi connectivity index (χ3v) is 4.18. The van der Waals surface area contributed by atoms with Gasteiger partial charge in [0.05, 0.1) is 12.1 Å². The van der Waals surface area contributed by atoms with E-state index in [1.807, 2.05) is 24.3 Å². The van der Waals surface area contributed by atoms with Crippen LogP contribution in [0.2, 0.25) is 5.02 Å². The van der Waals surface area contributed by atoms with Crippen molar-refractivity contribution in [3.05, 3.63) is 59.2 Å². The van der Waals surface area contributed by atoms with Gasteiger partial charge >= 0.3 is 6.03 Å². The second-order valence-electron chi connectivity index (χ2n) is 5.85. The number of anilines is 1. The molecule has 5 nitrogen and oxygen atoms in total. The molecule has 1 saturated heterocycles. The summed E-state index contributed by atoms with van der Waals surface area (Å²) in [4.78, 5) is 17.9. The van der Waals surface area contributed by atoms with E-state index in [0.717, 1.165) is 5.56 Å². The molecule has 1 aliphatic heterocycles. The number of benzene rings is 1. The number of amides is 2. The lowest BCUT2D eigenvalue weighted by Crippen LogP contribution is -2.39. The summed E-state index contributed by atoms with van der Waals surface area (Å²) in [6.45, 7) is 0.800. The minimum absolute atomic E-state index is 0.245. The third-order valence-electron chi connectivity index (χ3n) is 3.94. The molecule has 0 bridgehead atoms. The van der Waals surface area contributed by atoms with Crippen LogP contribution in [-0.4, -0.2) is 39.7 Å². The number of aliphatic hydroxyl groups is 1. The standard InChI is InChI=1S/C17H18ClN3O2/c18-14-5-3-4-13(10-14)11-17(23)7-9-21(12-17)16(22)20-15-6-1-2-8-19-15/h1-6,8,10,23H,7,9,11-12H2,(H,19,20,22)/t17-/m0/s1. The molecule has 0 spiro atoms. The van der Waals surface area contributed by atoms with Gasteiger partial charge in [-0.25, -0.2) is 9.78 Å². The number of nitrogens with one attached hydrogen (secondary N) is 1. The SMILES string of the molecule is O=C(Nc1ccccn1)N1CC[C@](O)(Cc2cccc(Cl)c2)C1. The molecular weight excluding hydrogens is 314 g/mol. The van der Waals surface area contributed by atoms with Gasteiger partial charge in [0.2, 0.25) is 0 Å². The maximum atomic E-state index is 12.3. The number of aromatic nitrogens is 1. The van der Waals surface area contributed by atoms with Gasteiger partial charge in [0, 0.05) is 24.2 Å². The lowest BCUT2D eigenvalue weighted by molar-refractivity contribution is 0.0534. The Morgan fingerprint density at radius 3 is 2.96 bits per heavy atom. The molecule has 2 N–H and O–H groups in total. The summed E-state index contributed by atoms with van der Waals surface area (Å²) >= 11 is 5.98. The molecule has 0 saturated carbocycles. The third kappa shape index (κ3) is 4.00. The highest BCUT2D eigenvalue weighted by Gasteiger charge is 2.38. The van der Waals surface area contributed by atoms with Crippen LogP contribution in [0.3, 0.4) is 0 Å². The van der Waals surface area contributed by atoms with Crippen LogP contribution in [-0.2, 0) is 6.42 Å². The Balaban J connectivity index is 1.62. The highest BCUT2D eigenvalue weighted by molar-refractivity contribution is 6.30. The van der Waals surface area contributed by atoms with Crippen LogP contribution < -0.4 is 5.32 Å². The number of rotatable bonds is 3. The number of β-amino-alcohol motifs (C(OH)–C–C–N with tert-alkyl or cyclic N) is 1. The molecule has 0 radical (unpaired) electrons. The average Bonchev–Trinajstić information content (AvgIpc) is 2.90. The van der Waals surface area contributed by atoms with Crippen molar-refractivity contribution in [2.24, 2.45) is 0 Å².